The molecule has 0 aromatic heterocycles. The van der Waals surface area contributed by atoms with Crippen molar-refractivity contribution in [1.29, 1.82) is 0 Å². The molecule has 2 aliphatic heterocycles. The monoisotopic (exact) mass is 319 g/mol. The standard InChI is InChI=1S/C19H29NO3/c1-3-22-15-19-10-4-12-23-18(19)9-11-20(14-19)13-16-5-7-17(21-2)8-6-16/h5-8,18H,3-4,9-15H2,1-2H3/t18-,19+/m1/s1. The summed E-state index contributed by atoms with van der Waals surface area (Å²) in [5.41, 5.74) is 1.52. The average Bonchev–Trinajstić information content (AvgIpc) is 2.60. The Morgan fingerprint density at radius 1 is 1.30 bits per heavy atom. The molecule has 1 aromatic carbocycles. The molecule has 2 heterocycles. The second-order valence-electron chi connectivity index (χ2n) is 6.81. The fourth-order valence-corrected chi connectivity index (χ4v) is 4.02. The van der Waals surface area contributed by atoms with E-state index < -0.39 is 0 Å². The zero-order valence-electron chi connectivity index (χ0n) is 14.4. The third kappa shape index (κ3) is 3.87. The number of rotatable bonds is 6. The van der Waals surface area contributed by atoms with E-state index in [9.17, 15) is 0 Å². The van der Waals surface area contributed by atoms with Crippen molar-refractivity contribution in [2.75, 3.05) is 40.0 Å². The van der Waals surface area contributed by atoms with Crippen LogP contribution in [-0.4, -0.2) is 51.0 Å². The molecule has 23 heavy (non-hydrogen) atoms. The molecule has 0 spiro atoms. The van der Waals surface area contributed by atoms with Crippen LogP contribution in [0.2, 0.25) is 0 Å². The molecular formula is C19H29NO3. The molecule has 2 fully saturated rings. The minimum atomic E-state index is 0.180. The summed E-state index contributed by atoms with van der Waals surface area (Å²) in [5.74, 6) is 0.918. The van der Waals surface area contributed by atoms with Crippen molar-refractivity contribution >= 4 is 0 Å². The van der Waals surface area contributed by atoms with Crippen LogP contribution >= 0.6 is 0 Å². The topological polar surface area (TPSA) is 30.9 Å². The number of piperidine rings is 1. The van der Waals surface area contributed by atoms with E-state index in [0.717, 1.165) is 58.0 Å². The van der Waals surface area contributed by atoms with Crippen molar-refractivity contribution in [3.63, 3.8) is 0 Å². The fraction of sp³-hybridized carbons (Fsp3) is 0.684. The Labute approximate surface area is 139 Å². The summed E-state index contributed by atoms with van der Waals surface area (Å²) in [7, 11) is 1.71. The number of likely N-dealkylation sites (tertiary alicyclic amines) is 1. The van der Waals surface area contributed by atoms with Gasteiger partial charge in [-0.2, -0.15) is 0 Å². The van der Waals surface area contributed by atoms with E-state index in [2.05, 4.69) is 24.0 Å². The van der Waals surface area contributed by atoms with E-state index in [1.165, 1.54) is 12.0 Å². The zero-order valence-corrected chi connectivity index (χ0v) is 14.4. The normalized spacial score (nSPS) is 28.3. The Hall–Kier alpha value is -1.10. The van der Waals surface area contributed by atoms with Crippen molar-refractivity contribution in [3.8, 4) is 5.75 Å². The summed E-state index contributed by atoms with van der Waals surface area (Å²) in [6.07, 6.45) is 3.86. The van der Waals surface area contributed by atoms with Gasteiger partial charge in [0, 0.05) is 38.3 Å². The lowest BCUT2D eigenvalue weighted by Crippen LogP contribution is -2.56. The number of fused-ring (bicyclic) bond motifs is 1. The minimum Gasteiger partial charge on any atom is -0.497 e. The van der Waals surface area contributed by atoms with Gasteiger partial charge in [0.2, 0.25) is 0 Å². The molecule has 1 aromatic rings. The third-order valence-corrected chi connectivity index (χ3v) is 5.23. The van der Waals surface area contributed by atoms with Crippen molar-refractivity contribution < 1.29 is 14.2 Å². The molecule has 0 radical (unpaired) electrons. The van der Waals surface area contributed by atoms with E-state index in [1.807, 2.05) is 12.1 Å². The van der Waals surface area contributed by atoms with Crippen LogP contribution in [0.25, 0.3) is 0 Å². The first-order chi connectivity index (χ1) is 11.3. The maximum absolute atomic E-state index is 6.09. The lowest BCUT2D eigenvalue weighted by Gasteiger charge is -2.50. The quantitative estimate of drug-likeness (QED) is 0.806. The van der Waals surface area contributed by atoms with Gasteiger partial charge in [-0.25, -0.2) is 0 Å². The maximum atomic E-state index is 6.09. The van der Waals surface area contributed by atoms with Gasteiger partial charge >= 0.3 is 0 Å². The highest BCUT2D eigenvalue weighted by molar-refractivity contribution is 5.27. The molecule has 2 atom stereocenters. The molecule has 2 saturated heterocycles. The number of benzene rings is 1. The van der Waals surface area contributed by atoms with E-state index >= 15 is 0 Å². The van der Waals surface area contributed by atoms with Crippen LogP contribution in [0.3, 0.4) is 0 Å². The van der Waals surface area contributed by atoms with Gasteiger partial charge in [0.05, 0.1) is 19.8 Å². The van der Waals surface area contributed by atoms with Crippen LogP contribution in [0.1, 0.15) is 31.7 Å². The Balaban J connectivity index is 1.66. The highest BCUT2D eigenvalue weighted by atomic mass is 16.5. The number of nitrogens with zero attached hydrogens (tertiary/aromatic N) is 1. The molecular weight excluding hydrogens is 290 g/mol. The van der Waals surface area contributed by atoms with Gasteiger partial charge in [0.15, 0.2) is 0 Å². The van der Waals surface area contributed by atoms with Crippen LogP contribution in [0.15, 0.2) is 24.3 Å². The number of hydrogen-bond donors (Lipinski definition) is 0. The third-order valence-electron chi connectivity index (χ3n) is 5.23. The summed E-state index contributed by atoms with van der Waals surface area (Å²) in [6.45, 7) is 7.77. The molecule has 128 valence electrons. The van der Waals surface area contributed by atoms with Crippen molar-refractivity contribution in [1.82, 2.24) is 4.90 Å². The first-order valence-electron chi connectivity index (χ1n) is 8.80. The van der Waals surface area contributed by atoms with E-state index in [1.54, 1.807) is 7.11 Å². The van der Waals surface area contributed by atoms with Crippen molar-refractivity contribution in [2.24, 2.45) is 5.41 Å². The molecule has 4 heteroatoms. The van der Waals surface area contributed by atoms with Gasteiger partial charge in [-0.1, -0.05) is 12.1 Å². The predicted molar refractivity (Wildman–Crippen MR) is 90.8 cm³/mol. The van der Waals surface area contributed by atoms with Crippen LogP contribution in [0, 0.1) is 5.41 Å². The first-order valence-corrected chi connectivity index (χ1v) is 8.80. The smallest absolute Gasteiger partial charge is 0.118 e. The fourth-order valence-electron chi connectivity index (χ4n) is 4.02. The molecule has 0 saturated carbocycles. The van der Waals surface area contributed by atoms with E-state index in [4.69, 9.17) is 14.2 Å². The Kier molecular flexibility index (Phi) is 5.57. The summed E-state index contributed by atoms with van der Waals surface area (Å²) in [6, 6.07) is 8.42. The number of methoxy groups -OCH3 is 1. The molecule has 2 aliphatic rings. The predicted octanol–water partition coefficient (Wildman–Crippen LogP) is 3.10. The Morgan fingerprint density at radius 3 is 2.87 bits per heavy atom. The molecule has 4 nitrogen and oxygen atoms in total. The average molecular weight is 319 g/mol. The van der Waals surface area contributed by atoms with Crippen molar-refractivity contribution in [2.45, 2.75) is 38.8 Å². The zero-order chi connectivity index (χ0) is 16.1. The Bertz CT molecular complexity index is 490. The van der Waals surface area contributed by atoms with E-state index in [-0.39, 0.29) is 5.41 Å². The van der Waals surface area contributed by atoms with Crippen LogP contribution in [-0.2, 0) is 16.0 Å². The minimum absolute atomic E-state index is 0.180. The van der Waals surface area contributed by atoms with Gasteiger partial charge in [-0.05, 0) is 43.9 Å². The second-order valence-corrected chi connectivity index (χ2v) is 6.81. The van der Waals surface area contributed by atoms with Crippen LogP contribution < -0.4 is 4.74 Å². The highest BCUT2D eigenvalue weighted by Crippen LogP contribution is 2.40. The first kappa shape index (κ1) is 16.7. The van der Waals surface area contributed by atoms with Gasteiger partial charge < -0.3 is 14.2 Å². The molecule has 0 N–H and O–H groups in total. The largest absolute Gasteiger partial charge is 0.497 e. The number of hydrogen-bond acceptors (Lipinski definition) is 4. The molecule has 3 rings (SSSR count). The second kappa shape index (κ2) is 7.65. The molecule has 0 unspecified atom stereocenters. The molecule has 0 amide bonds. The number of ether oxygens (including phenoxy) is 3. The summed E-state index contributed by atoms with van der Waals surface area (Å²) in [5, 5.41) is 0. The van der Waals surface area contributed by atoms with Crippen LogP contribution in [0.4, 0.5) is 0 Å². The van der Waals surface area contributed by atoms with Crippen molar-refractivity contribution in [3.05, 3.63) is 29.8 Å². The van der Waals surface area contributed by atoms with Gasteiger partial charge in [0.1, 0.15) is 5.75 Å². The maximum Gasteiger partial charge on any atom is 0.118 e. The van der Waals surface area contributed by atoms with Gasteiger partial charge in [-0.3, -0.25) is 4.90 Å². The highest BCUT2D eigenvalue weighted by Gasteiger charge is 2.45. The van der Waals surface area contributed by atoms with E-state index in [0.29, 0.717) is 6.10 Å². The summed E-state index contributed by atoms with van der Waals surface area (Å²) < 4.78 is 17.2. The summed E-state index contributed by atoms with van der Waals surface area (Å²) in [4.78, 5) is 2.56. The Morgan fingerprint density at radius 2 is 2.13 bits per heavy atom. The lowest BCUT2D eigenvalue weighted by atomic mass is 9.73. The molecule has 0 bridgehead atoms. The van der Waals surface area contributed by atoms with Gasteiger partial charge in [-0.15, -0.1) is 0 Å². The SMILES string of the molecule is CCOC[C@@]12CCCO[C@@H]1CCN(Cc1ccc(OC)cc1)C2. The van der Waals surface area contributed by atoms with Gasteiger partial charge in [0.25, 0.3) is 0 Å². The van der Waals surface area contributed by atoms with Crippen LogP contribution in [0.5, 0.6) is 5.75 Å². The lowest BCUT2D eigenvalue weighted by molar-refractivity contribution is -0.153. The summed E-state index contributed by atoms with van der Waals surface area (Å²) >= 11 is 0. The molecule has 0 aliphatic carbocycles.